The molecule has 3 nitrogen and oxygen atoms in total. The molecule has 0 aliphatic carbocycles. The van der Waals surface area contributed by atoms with Crippen LogP contribution in [0.5, 0.6) is 5.75 Å². The molecule has 0 aromatic heterocycles. The molecule has 0 radical (unpaired) electrons. The second-order valence-electron chi connectivity index (χ2n) is 5.29. The van der Waals surface area contributed by atoms with Crippen molar-refractivity contribution in [1.29, 1.82) is 0 Å². The van der Waals surface area contributed by atoms with Gasteiger partial charge in [-0.25, -0.2) is 13.6 Å². The van der Waals surface area contributed by atoms with Gasteiger partial charge in [0.1, 0.15) is 5.56 Å². The van der Waals surface area contributed by atoms with Crippen LogP contribution in [0.25, 0.3) is 0 Å². The van der Waals surface area contributed by atoms with E-state index in [1.54, 1.807) is 0 Å². The topological polar surface area (TPSA) is 46.5 Å². The Balaban J connectivity index is 2.38. The number of aromatic carboxylic acids is 1. The molecule has 2 rings (SSSR count). The van der Waals surface area contributed by atoms with Crippen molar-refractivity contribution in [1.82, 2.24) is 0 Å². The fraction of sp³-hybridized carbons (Fsp3) is 0.211. The van der Waals surface area contributed by atoms with E-state index in [4.69, 9.17) is 9.84 Å². The zero-order valence-corrected chi connectivity index (χ0v) is 13.7. The number of carbonyl (C=O) groups is 1. The van der Waals surface area contributed by atoms with Gasteiger partial charge in [-0.3, -0.25) is 0 Å². The summed E-state index contributed by atoms with van der Waals surface area (Å²) in [6.45, 7) is 1.74. The summed E-state index contributed by atoms with van der Waals surface area (Å²) in [6.07, 6.45) is 1.15. The molecule has 0 amide bonds. The second kappa shape index (κ2) is 8.39. The van der Waals surface area contributed by atoms with Gasteiger partial charge in [0, 0.05) is 5.56 Å². The van der Waals surface area contributed by atoms with Crippen LogP contribution in [0.3, 0.4) is 0 Å². The van der Waals surface area contributed by atoms with Crippen molar-refractivity contribution in [2.45, 2.75) is 19.8 Å². The monoisotopic (exact) mass is 366 g/mol. The van der Waals surface area contributed by atoms with Gasteiger partial charge in [0.15, 0.2) is 17.4 Å². The highest BCUT2D eigenvalue weighted by atomic mass is 19.2. The molecule has 0 fully saturated rings. The Bertz CT molecular complexity index is 851. The fourth-order valence-corrected chi connectivity index (χ4v) is 2.00. The fourth-order valence-electron chi connectivity index (χ4n) is 2.00. The Morgan fingerprint density at radius 2 is 1.58 bits per heavy atom. The van der Waals surface area contributed by atoms with E-state index in [2.05, 4.69) is 5.92 Å². The molecule has 0 atom stereocenters. The van der Waals surface area contributed by atoms with Gasteiger partial charge < -0.3 is 9.84 Å². The summed E-state index contributed by atoms with van der Waals surface area (Å²) >= 11 is 0. The van der Waals surface area contributed by atoms with Gasteiger partial charge in [0.05, 0.1) is 12.2 Å². The number of rotatable bonds is 5. The molecule has 1 N–H and O–H groups in total. The predicted molar refractivity (Wildman–Crippen MR) is 86.1 cm³/mol. The first-order chi connectivity index (χ1) is 12.4. The van der Waals surface area contributed by atoms with E-state index in [1.807, 2.05) is 12.8 Å². The van der Waals surface area contributed by atoms with Crippen LogP contribution >= 0.6 is 0 Å². The number of unbranched alkanes of at least 4 members (excludes halogenated alkanes) is 1. The van der Waals surface area contributed by atoms with Crippen molar-refractivity contribution in [3.8, 4) is 17.6 Å². The molecule has 0 heterocycles. The number of ether oxygens (including phenoxy) is 1. The van der Waals surface area contributed by atoms with Crippen LogP contribution in [0.1, 0.15) is 41.3 Å². The maximum absolute atomic E-state index is 14.0. The largest absolute Gasteiger partial charge is 0.487 e. The number of halogens is 4. The lowest BCUT2D eigenvalue weighted by Gasteiger charge is -2.10. The Kier molecular flexibility index (Phi) is 6.23. The van der Waals surface area contributed by atoms with Crippen LogP contribution in [-0.2, 0) is 0 Å². The van der Waals surface area contributed by atoms with Gasteiger partial charge in [-0.1, -0.05) is 25.2 Å². The van der Waals surface area contributed by atoms with E-state index < -0.39 is 40.6 Å². The molecule has 2 aromatic carbocycles. The Morgan fingerprint density at radius 1 is 1.00 bits per heavy atom. The summed E-state index contributed by atoms with van der Waals surface area (Å²) in [4.78, 5) is 10.8. The standard InChI is InChI=1S/C19H14F4O3/c1-2-3-10-26-18-16(22)14(20)13(15(21)17(18)23)9-6-11-4-7-12(8-5-11)19(24)25/h4-5,7-8H,2-3,10H2,1H3,(H,24,25). The normalized spacial score (nSPS) is 10.2. The predicted octanol–water partition coefficient (Wildman–Crippen LogP) is 4.52. The van der Waals surface area contributed by atoms with E-state index in [1.165, 1.54) is 24.3 Å². The SMILES string of the molecule is CCCCOc1c(F)c(F)c(C#Cc2ccc(C(=O)O)cc2)c(F)c1F. The molecule has 0 saturated heterocycles. The third kappa shape index (κ3) is 4.14. The smallest absolute Gasteiger partial charge is 0.335 e. The van der Waals surface area contributed by atoms with E-state index in [9.17, 15) is 22.4 Å². The van der Waals surface area contributed by atoms with Crippen LogP contribution in [0.2, 0.25) is 0 Å². The molecule has 0 spiro atoms. The van der Waals surface area contributed by atoms with Crippen molar-refractivity contribution in [2.24, 2.45) is 0 Å². The molecule has 0 saturated carbocycles. The quantitative estimate of drug-likeness (QED) is 0.366. The van der Waals surface area contributed by atoms with Crippen LogP contribution in [0, 0.1) is 35.1 Å². The summed E-state index contributed by atoms with van der Waals surface area (Å²) in [5.74, 6) is -4.47. The molecular weight excluding hydrogens is 352 g/mol. The van der Waals surface area contributed by atoms with Crippen molar-refractivity contribution >= 4 is 5.97 Å². The highest BCUT2D eigenvalue weighted by molar-refractivity contribution is 5.87. The minimum Gasteiger partial charge on any atom is -0.487 e. The molecule has 0 aliphatic heterocycles. The van der Waals surface area contributed by atoms with Crippen molar-refractivity contribution < 1.29 is 32.2 Å². The third-order valence-electron chi connectivity index (χ3n) is 3.43. The first-order valence-corrected chi connectivity index (χ1v) is 7.70. The zero-order chi connectivity index (χ0) is 19.3. The second-order valence-corrected chi connectivity index (χ2v) is 5.29. The Hall–Kier alpha value is -3.01. The Labute approximate surface area is 147 Å². The van der Waals surface area contributed by atoms with E-state index >= 15 is 0 Å². The summed E-state index contributed by atoms with van der Waals surface area (Å²) in [7, 11) is 0. The average Bonchev–Trinajstić information content (AvgIpc) is 2.63. The van der Waals surface area contributed by atoms with Gasteiger partial charge >= 0.3 is 5.97 Å². The van der Waals surface area contributed by atoms with Crippen LogP contribution in [0.15, 0.2) is 24.3 Å². The van der Waals surface area contributed by atoms with Gasteiger partial charge in [-0.15, -0.1) is 0 Å². The van der Waals surface area contributed by atoms with Gasteiger partial charge in [-0.05, 0) is 30.7 Å². The maximum Gasteiger partial charge on any atom is 0.335 e. The number of carboxylic acid groups (broad SMARTS) is 1. The first-order valence-electron chi connectivity index (χ1n) is 7.70. The summed E-state index contributed by atoms with van der Waals surface area (Å²) in [5, 5.41) is 8.79. The lowest BCUT2D eigenvalue weighted by molar-refractivity contribution is 0.0697. The summed E-state index contributed by atoms with van der Waals surface area (Å²) < 4.78 is 60.8. The van der Waals surface area contributed by atoms with Crippen molar-refractivity contribution in [3.63, 3.8) is 0 Å². The molecule has 136 valence electrons. The lowest BCUT2D eigenvalue weighted by Crippen LogP contribution is -2.07. The minimum absolute atomic E-state index is 0.00131. The van der Waals surface area contributed by atoms with Gasteiger partial charge in [0.25, 0.3) is 0 Å². The first kappa shape index (κ1) is 19.3. The summed E-state index contributed by atoms with van der Waals surface area (Å²) in [6, 6.07) is 5.10. The van der Waals surface area contributed by atoms with Crippen LogP contribution < -0.4 is 4.74 Å². The van der Waals surface area contributed by atoms with Crippen molar-refractivity contribution in [3.05, 3.63) is 64.2 Å². The van der Waals surface area contributed by atoms with E-state index in [-0.39, 0.29) is 17.7 Å². The molecule has 0 unspecified atom stereocenters. The molecular formula is C19H14F4O3. The highest BCUT2D eigenvalue weighted by Crippen LogP contribution is 2.29. The number of carboxylic acids is 1. The molecule has 0 bridgehead atoms. The third-order valence-corrected chi connectivity index (χ3v) is 3.43. The molecule has 26 heavy (non-hydrogen) atoms. The number of benzene rings is 2. The highest BCUT2D eigenvalue weighted by Gasteiger charge is 2.25. The molecule has 7 heteroatoms. The number of hydrogen-bond acceptors (Lipinski definition) is 2. The lowest BCUT2D eigenvalue weighted by atomic mass is 10.1. The average molecular weight is 366 g/mol. The minimum atomic E-state index is -1.65. The Morgan fingerprint density at radius 3 is 2.08 bits per heavy atom. The van der Waals surface area contributed by atoms with Gasteiger partial charge in [-0.2, -0.15) is 8.78 Å². The summed E-state index contributed by atoms with van der Waals surface area (Å²) in [5.41, 5.74) is -0.846. The number of hydrogen-bond donors (Lipinski definition) is 1. The molecule has 2 aromatic rings. The zero-order valence-electron chi connectivity index (χ0n) is 13.7. The van der Waals surface area contributed by atoms with Gasteiger partial charge in [0.2, 0.25) is 11.6 Å². The van der Waals surface area contributed by atoms with E-state index in [0.717, 1.165) is 0 Å². The maximum atomic E-state index is 14.0. The molecule has 0 aliphatic rings. The van der Waals surface area contributed by atoms with Crippen LogP contribution in [-0.4, -0.2) is 17.7 Å². The van der Waals surface area contributed by atoms with Crippen LogP contribution in [0.4, 0.5) is 17.6 Å². The van der Waals surface area contributed by atoms with Crippen molar-refractivity contribution in [2.75, 3.05) is 6.61 Å². The van der Waals surface area contributed by atoms with E-state index in [0.29, 0.717) is 12.8 Å².